The van der Waals surface area contributed by atoms with E-state index in [1.807, 2.05) is 42.5 Å². The third-order valence-corrected chi connectivity index (χ3v) is 4.76. The van der Waals surface area contributed by atoms with Crippen LogP contribution in [0.15, 0.2) is 42.5 Å². The Morgan fingerprint density at radius 1 is 1.12 bits per heavy atom. The number of fused-ring (bicyclic) bond motifs is 1. The lowest BCUT2D eigenvalue weighted by Crippen LogP contribution is -2.27. The molecular formula is C21H23ClN2O2. The summed E-state index contributed by atoms with van der Waals surface area (Å²) < 4.78 is 5.80. The van der Waals surface area contributed by atoms with E-state index in [1.165, 1.54) is 0 Å². The molecule has 1 aliphatic rings. The molecule has 0 bridgehead atoms. The van der Waals surface area contributed by atoms with Crippen molar-refractivity contribution in [2.24, 2.45) is 0 Å². The van der Waals surface area contributed by atoms with Crippen LogP contribution >= 0.6 is 11.6 Å². The second-order valence-corrected chi connectivity index (χ2v) is 6.58. The number of likely N-dealkylation sites (N-methyl/N-ethyl adjacent to an activating group) is 1. The summed E-state index contributed by atoms with van der Waals surface area (Å²) in [7, 11) is 0. The monoisotopic (exact) mass is 370 g/mol. The van der Waals surface area contributed by atoms with Gasteiger partial charge in [0, 0.05) is 28.4 Å². The van der Waals surface area contributed by atoms with Gasteiger partial charge in [-0.3, -0.25) is 4.79 Å². The molecule has 1 amide bonds. The van der Waals surface area contributed by atoms with Crippen LogP contribution in [0.3, 0.4) is 0 Å². The standard InChI is InChI=1S/C21H23ClN2O2/c1-3-24(4-2)11-12-26-17-8-5-15(6-9-17)13-19-18-14-16(22)7-10-20(18)23-21(19)25/h5-10,13-14H,3-4,11-12H2,1-2H3,(H,23,25)/b19-13-. The Morgan fingerprint density at radius 2 is 1.85 bits per heavy atom. The molecule has 1 aliphatic heterocycles. The second-order valence-electron chi connectivity index (χ2n) is 6.15. The number of carbonyl (C=O) groups excluding carboxylic acids is 1. The zero-order valence-corrected chi connectivity index (χ0v) is 15.8. The van der Waals surface area contributed by atoms with Crippen LogP contribution in [-0.2, 0) is 4.79 Å². The molecule has 1 heterocycles. The predicted octanol–water partition coefficient (Wildman–Crippen LogP) is 4.55. The highest BCUT2D eigenvalue weighted by Crippen LogP contribution is 2.35. The lowest BCUT2D eigenvalue weighted by molar-refractivity contribution is -0.110. The number of benzene rings is 2. The fourth-order valence-corrected chi connectivity index (χ4v) is 3.14. The van der Waals surface area contributed by atoms with E-state index in [-0.39, 0.29) is 5.91 Å². The number of hydrogen-bond acceptors (Lipinski definition) is 3. The van der Waals surface area contributed by atoms with Crippen molar-refractivity contribution in [3.63, 3.8) is 0 Å². The largest absolute Gasteiger partial charge is 0.492 e. The van der Waals surface area contributed by atoms with E-state index >= 15 is 0 Å². The third-order valence-electron chi connectivity index (χ3n) is 4.53. The first-order chi connectivity index (χ1) is 12.6. The maximum Gasteiger partial charge on any atom is 0.256 e. The molecule has 4 nitrogen and oxygen atoms in total. The van der Waals surface area contributed by atoms with E-state index in [0.29, 0.717) is 17.2 Å². The second kappa shape index (κ2) is 8.39. The number of carbonyl (C=O) groups is 1. The van der Waals surface area contributed by atoms with E-state index in [4.69, 9.17) is 16.3 Å². The quantitative estimate of drug-likeness (QED) is 0.727. The summed E-state index contributed by atoms with van der Waals surface area (Å²) in [6.07, 6.45) is 1.87. The normalized spacial score (nSPS) is 14.6. The number of nitrogens with zero attached hydrogens (tertiary/aromatic N) is 1. The van der Waals surface area contributed by atoms with Crippen molar-refractivity contribution in [1.82, 2.24) is 4.90 Å². The van der Waals surface area contributed by atoms with E-state index in [1.54, 1.807) is 6.07 Å². The summed E-state index contributed by atoms with van der Waals surface area (Å²) in [4.78, 5) is 14.5. The van der Waals surface area contributed by atoms with Crippen LogP contribution < -0.4 is 10.1 Å². The molecule has 0 saturated carbocycles. The van der Waals surface area contributed by atoms with Gasteiger partial charge >= 0.3 is 0 Å². The smallest absolute Gasteiger partial charge is 0.256 e. The van der Waals surface area contributed by atoms with Gasteiger partial charge in [-0.1, -0.05) is 37.6 Å². The summed E-state index contributed by atoms with van der Waals surface area (Å²) in [5.74, 6) is 0.723. The minimum Gasteiger partial charge on any atom is -0.492 e. The number of anilines is 1. The fourth-order valence-electron chi connectivity index (χ4n) is 2.96. The zero-order chi connectivity index (χ0) is 18.5. The van der Waals surface area contributed by atoms with Crippen molar-refractivity contribution in [3.05, 3.63) is 58.6 Å². The van der Waals surface area contributed by atoms with Gasteiger partial charge in [0.25, 0.3) is 5.91 Å². The molecule has 0 aliphatic carbocycles. The molecule has 136 valence electrons. The number of hydrogen-bond donors (Lipinski definition) is 1. The Kier molecular flexibility index (Phi) is 5.96. The average Bonchev–Trinajstić information content (AvgIpc) is 2.95. The van der Waals surface area contributed by atoms with Crippen LogP contribution in [0.2, 0.25) is 5.02 Å². The molecule has 26 heavy (non-hydrogen) atoms. The lowest BCUT2D eigenvalue weighted by atomic mass is 10.0. The van der Waals surface area contributed by atoms with Crippen molar-refractivity contribution in [2.45, 2.75) is 13.8 Å². The highest BCUT2D eigenvalue weighted by atomic mass is 35.5. The predicted molar refractivity (Wildman–Crippen MR) is 108 cm³/mol. The first-order valence-corrected chi connectivity index (χ1v) is 9.26. The number of rotatable bonds is 7. The number of nitrogens with one attached hydrogen (secondary N) is 1. The van der Waals surface area contributed by atoms with Crippen molar-refractivity contribution in [3.8, 4) is 5.75 Å². The first kappa shape index (κ1) is 18.5. The molecule has 2 aromatic rings. The van der Waals surface area contributed by atoms with Crippen molar-refractivity contribution in [2.75, 3.05) is 31.6 Å². The highest BCUT2D eigenvalue weighted by Gasteiger charge is 2.24. The van der Waals surface area contributed by atoms with Gasteiger partial charge in [0.15, 0.2) is 0 Å². The topological polar surface area (TPSA) is 41.6 Å². The van der Waals surface area contributed by atoms with Crippen LogP contribution in [0.5, 0.6) is 5.75 Å². The Bertz CT molecular complexity index is 811. The first-order valence-electron chi connectivity index (χ1n) is 8.89. The molecule has 2 aromatic carbocycles. The molecule has 5 heteroatoms. The SMILES string of the molecule is CCN(CC)CCOc1ccc(/C=C2\C(=O)Nc3ccc(Cl)cc32)cc1. The highest BCUT2D eigenvalue weighted by molar-refractivity contribution is 6.36. The summed E-state index contributed by atoms with van der Waals surface area (Å²) in [5, 5.41) is 3.47. The third kappa shape index (κ3) is 4.26. The van der Waals surface area contributed by atoms with Gasteiger partial charge in [0.05, 0.1) is 0 Å². The van der Waals surface area contributed by atoms with E-state index in [9.17, 15) is 4.79 Å². The number of ether oxygens (including phenoxy) is 1. The van der Waals surface area contributed by atoms with E-state index < -0.39 is 0 Å². The van der Waals surface area contributed by atoms with Gasteiger partial charge in [0.1, 0.15) is 12.4 Å². The summed E-state index contributed by atoms with van der Waals surface area (Å²) in [6.45, 7) is 7.93. The van der Waals surface area contributed by atoms with Crippen LogP contribution in [0.1, 0.15) is 25.0 Å². The minimum atomic E-state index is -0.109. The van der Waals surface area contributed by atoms with Gasteiger partial charge in [-0.25, -0.2) is 0 Å². The molecule has 1 N–H and O–H groups in total. The molecule has 0 atom stereocenters. The van der Waals surface area contributed by atoms with E-state index in [0.717, 1.165) is 42.2 Å². The average molecular weight is 371 g/mol. The Balaban J connectivity index is 1.69. The number of amides is 1. The Morgan fingerprint density at radius 3 is 2.54 bits per heavy atom. The summed E-state index contributed by atoms with van der Waals surface area (Å²) in [6, 6.07) is 13.2. The fraction of sp³-hybridized carbons (Fsp3) is 0.286. The van der Waals surface area contributed by atoms with Crippen LogP contribution in [0, 0.1) is 0 Å². The molecule has 0 saturated heterocycles. The number of halogens is 1. The maximum atomic E-state index is 12.2. The maximum absolute atomic E-state index is 12.2. The minimum absolute atomic E-state index is 0.109. The Labute approximate surface area is 159 Å². The Hall–Kier alpha value is -2.30. The van der Waals surface area contributed by atoms with Gasteiger partial charge in [-0.05, 0) is 55.1 Å². The molecular weight excluding hydrogens is 348 g/mol. The van der Waals surface area contributed by atoms with Gasteiger partial charge in [0.2, 0.25) is 0 Å². The summed E-state index contributed by atoms with van der Waals surface area (Å²) in [5.41, 5.74) is 3.20. The molecule has 0 unspecified atom stereocenters. The van der Waals surface area contributed by atoms with Crippen molar-refractivity contribution >= 4 is 34.8 Å². The molecule has 0 radical (unpaired) electrons. The van der Waals surface area contributed by atoms with Crippen molar-refractivity contribution in [1.29, 1.82) is 0 Å². The van der Waals surface area contributed by atoms with Crippen LogP contribution in [0.4, 0.5) is 5.69 Å². The van der Waals surface area contributed by atoms with Crippen LogP contribution in [-0.4, -0.2) is 37.0 Å². The molecule has 0 fully saturated rings. The molecule has 0 aromatic heterocycles. The molecule has 3 rings (SSSR count). The van der Waals surface area contributed by atoms with Gasteiger partial charge < -0.3 is 15.0 Å². The lowest BCUT2D eigenvalue weighted by Gasteiger charge is -2.18. The zero-order valence-electron chi connectivity index (χ0n) is 15.1. The van der Waals surface area contributed by atoms with Gasteiger partial charge in [-0.2, -0.15) is 0 Å². The summed E-state index contributed by atoms with van der Waals surface area (Å²) >= 11 is 6.07. The van der Waals surface area contributed by atoms with Crippen molar-refractivity contribution < 1.29 is 9.53 Å². The van der Waals surface area contributed by atoms with E-state index in [2.05, 4.69) is 24.1 Å². The molecule has 0 spiro atoms. The van der Waals surface area contributed by atoms with Crippen LogP contribution in [0.25, 0.3) is 11.6 Å². The van der Waals surface area contributed by atoms with Gasteiger partial charge in [-0.15, -0.1) is 0 Å².